The number of aliphatic hydroxyl groups is 1. The highest BCUT2D eigenvalue weighted by Crippen LogP contribution is 2.14. The summed E-state index contributed by atoms with van der Waals surface area (Å²) in [6.45, 7) is 6.12. The Morgan fingerprint density at radius 2 is 1.53 bits per heavy atom. The SMILES string of the molecule is CCCCCCCCCCC1=N[C@H](C)N=C(C)[C@H]1O. The van der Waals surface area contributed by atoms with E-state index in [0.717, 1.165) is 24.3 Å². The van der Waals surface area contributed by atoms with Crippen LogP contribution >= 0.6 is 0 Å². The molecular weight excluding hydrogens is 236 g/mol. The van der Waals surface area contributed by atoms with Gasteiger partial charge in [-0.1, -0.05) is 51.9 Å². The van der Waals surface area contributed by atoms with E-state index in [1.54, 1.807) is 0 Å². The maximum absolute atomic E-state index is 9.99. The van der Waals surface area contributed by atoms with Crippen LogP contribution in [-0.2, 0) is 0 Å². The quantitative estimate of drug-likeness (QED) is 0.626. The highest BCUT2D eigenvalue weighted by atomic mass is 16.3. The van der Waals surface area contributed by atoms with Gasteiger partial charge in [-0.05, 0) is 26.7 Å². The van der Waals surface area contributed by atoms with E-state index in [1.165, 1.54) is 44.9 Å². The highest BCUT2D eigenvalue weighted by Gasteiger charge is 2.20. The maximum atomic E-state index is 9.99. The summed E-state index contributed by atoms with van der Waals surface area (Å²) in [5, 5.41) is 9.99. The molecule has 2 atom stereocenters. The Hall–Kier alpha value is -0.700. The van der Waals surface area contributed by atoms with Crippen LogP contribution in [-0.4, -0.2) is 28.8 Å². The first-order valence-corrected chi connectivity index (χ1v) is 7.94. The second-order valence-electron chi connectivity index (χ2n) is 5.65. The number of rotatable bonds is 9. The topological polar surface area (TPSA) is 45.0 Å². The lowest BCUT2D eigenvalue weighted by Gasteiger charge is -2.20. The van der Waals surface area contributed by atoms with Crippen LogP contribution in [0.2, 0.25) is 0 Å². The van der Waals surface area contributed by atoms with Crippen molar-refractivity contribution in [1.82, 2.24) is 0 Å². The lowest BCUT2D eigenvalue weighted by atomic mass is 10.0. The number of hydrogen-bond donors (Lipinski definition) is 1. The molecule has 1 heterocycles. The van der Waals surface area contributed by atoms with Crippen LogP contribution in [0.4, 0.5) is 0 Å². The fraction of sp³-hybridized carbons (Fsp3) is 0.875. The largest absolute Gasteiger partial charge is 0.381 e. The van der Waals surface area contributed by atoms with Crippen molar-refractivity contribution >= 4 is 11.4 Å². The third-order valence-electron chi connectivity index (χ3n) is 3.74. The van der Waals surface area contributed by atoms with Crippen LogP contribution < -0.4 is 0 Å². The summed E-state index contributed by atoms with van der Waals surface area (Å²) < 4.78 is 0. The monoisotopic (exact) mass is 266 g/mol. The van der Waals surface area contributed by atoms with E-state index >= 15 is 0 Å². The summed E-state index contributed by atoms with van der Waals surface area (Å²) in [5.74, 6) is 0. The normalized spacial score (nSPS) is 23.2. The summed E-state index contributed by atoms with van der Waals surface area (Å²) in [6, 6.07) is 0. The van der Waals surface area contributed by atoms with Gasteiger partial charge < -0.3 is 5.11 Å². The minimum Gasteiger partial charge on any atom is -0.381 e. The lowest BCUT2D eigenvalue weighted by Crippen LogP contribution is -2.33. The molecule has 0 spiro atoms. The molecule has 110 valence electrons. The van der Waals surface area contributed by atoms with Gasteiger partial charge in [-0.2, -0.15) is 0 Å². The molecule has 0 amide bonds. The first kappa shape index (κ1) is 16.4. The van der Waals surface area contributed by atoms with Crippen molar-refractivity contribution in [3.8, 4) is 0 Å². The van der Waals surface area contributed by atoms with E-state index in [9.17, 15) is 5.11 Å². The highest BCUT2D eigenvalue weighted by molar-refractivity contribution is 6.10. The molecule has 1 N–H and O–H groups in total. The zero-order valence-corrected chi connectivity index (χ0v) is 12.9. The molecule has 0 saturated carbocycles. The minimum atomic E-state index is -0.527. The van der Waals surface area contributed by atoms with E-state index < -0.39 is 6.10 Å². The van der Waals surface area contributed by atoms with Crippen molar-refractivity contribution in [2.24, 2.45) is 9.98 Å². The molecule has 0 fully saturated rings. The number of nitrogens with zero attached hydrogens (tertiary/aromatic N) is 2. The average Bonchev–Trinajstić information content (AvgIpc) is 2.38. The summed E-state index contributed by atoms with van der Waals surface area (Å²) in [4.78, 5) is 8.73. The molecule has 1 rings (SSSR count). The summed E-state index contributed by atoms with van der Waals surface area (Å²) >= 11 is 0. The van der Waals surface area contributed by atoms with Gasteiger partial charge in [-0.15, -0.1) is 0 Å². The van der Waals surface area contributed by atoms with Crippen LogP contribution in [0, 0.1) is 0 Å². The molecule has 3 heteroatoms. The van der Waals surface area contributed by atoms with Crippen molar-refractivity contribution in [3.05, 3.63) is 0 Å². The molecule has 0 aromatic heterocycles. The van der Waals surface area contributed by atoms with Gasteiger partial charge in [-0.25, -0.2) is 0 Å². The maximum Gasteiger partial charge on any atom is 0.136 e. The van der Waals surface area contributed by atoms with E-state index in [0.29, 0.717) is 0 Å². The van der Waals surface area contributed by atoms with Crippen LogP contribution in [0.25, 0.3) is 0 Å². The average molecular weight is 266 g/mol. The third-order valence-corrected chi connectivity index (χ3v) is 3.74. The molecular formula is C16H30N2O. The van der Waals surface area contributed by atoms with Gasteiger partial charge in [0.05, 0.1) is 0 Å². The van der Waals surface area contributed by atoms with Crippen molar-refractivity contribution in [2.75, 3.05) is 0 Å². The van der Waals surface area contributed by atoms with Crippen molar-refractivity contribution in [1.29, 1.82) is 0 Å². The van der Waals surface area contributed by atoms with Crippen molar-refractivity contribution in [3.63, 3.8) is 0 Å². The van der Waals surface area contributed by atoms with E-state index in [2.05, 4.69) is 16.9 Å². The number of aliphatic imine (C=N–C) groups is 2. The molecule has 1 aliphatic rings. The standard InChI is InChI=1S/C16H30N2O/c1-4-5-6-7-8-9-10-11-12-15-16(19)13(2)17-14(3)18-15/h14,16,19H,4-12H2,1-3H3/t14-,16-/m1/s1. The summed E-state index contributed by atoms with van der Waals surface area (Å²) in [6.07, 6.45) is 10.9. The molecule has 0 radical (unpaired) electrons. The number of aliphatic hydroxyl groups excluding tert-OH is 1. The molecule has 0 aliphatic carbocycles. The second-order valence-corrected chi connectivity index (χ2v) is 5.65. The summed E-state index contributed by atoms with van der Waals surface area (Å²) in [7, 11) is 0. The first-order chi connectivity index (χ1) is 9.15. The van der Waals surface area contributed by atoms with E-state index in [-0.39, 0.29) is 6.17 Å². The Kier molecular flexibility index (Phi) is 7.96. The number of unbranched alkanes of at least 4 members (excludes halogenated alkanes) is 7. The lowest BCUT2D eigenvalue weighted by molar-refractivity contribution is 0.297. The van der Waals surface area contributed by atoms with Crippen LogP contribution in [0.1, 0.15) is 78.6 Å². The van der Waals surface area contributed by atoms with Crippen molar-refractivity contribution < 1.29 is 5.11 Å². The molecule has 1 aliphatic heterocycles. The first-order valence-electron chi connectivity index (χ1n) is 7.94. The summed E-state index contributed by atoms with van der Waals surface area (Å²) in [5.41, 5.74) is 1.75. The van der Waals surface area contributed by atoms with Gasteiger partial charge in [0.25, 0.3) is 0 Å². The fourth-order valence-electron chi connectivity index (χ4n) is 2.59. The molecule has 0 unspecified atom stereocenters. The van der Waals surface area contributed by atoms with E-state index in [1.807, 2.05) is 13.8 Å². The zero-order valence-electron chi connectivity index (χ0n) is 12.9. The fourth-order valence-corrected chi connectivity index (χ4v) is 2.59. The molecule has 0 aromatic rings. The molecule has 0 bridgehead atoms. The zero-order chi connectivity index (χ0) is 14.1. The van der Waals surface area contributed by atoms with Gasteiger partial charge in [0.1, 0.15) is 12.3 Å². The van der Waals surface area contributed by atoms with Gasteiger partial charge in [-0.3, -0.25) is 9.98 Å². The predicted octanol–water partition coefficient (Wildman–Crippen LogP) is 4.14. The van der Waals surface area contributed by atoms with Gasteiger partial charge in [0.15, 0.2) is 0 Å². The Balaban J connectivity index is 2.09. The smallest absolute Gasteiger partial charge is 0.136 e. The Morgan fingerprint density at radius 3 is 2.16 bits per heavy atom. The molecule has 0 aromatic carbocycles. The van der Waals surface area contributed by atoms with Crippen LogP contribution in [0.5, 0.6) is 0 Å². The predicted molar refractivity (Wildman–Crippen MR) is 83.2 cm³/mol. The van der Waals surface area contributed by atoms with E-state index in [4.69, 9.17) is 0 Å². The minimum absolute atomic E-state index is 0.00700. The Morgan fingerprint density at radius 1 is 0.947 bits per heavy atom. The van der Waals surface area contributed by atoms with Crippen LogP contribution in [0.15, 0.2) is 9.98 Å². The molecule has 19 heavy (non-hydrogen) atoms. The third kappa shape index (κ3) is 6.33. The molecule has 0 saturated heterocycles. The number of hydrogen-bond acceptors (Lipinski definition) is 3. The Bertz CT molecular complexity index is 310. The van der Waals surface area contributed by atoms with Gasteiger partial charge >= 0.3 is 0 Å². The van der Waals surface area contributed by atoms with Crippen molar-refractivity contribution in [2.45, 2.75) is 90.8 Å². The van der Waals surface area contributed by atoms with Gasteiger partial charge in [0, 0.05) is 11.4 Å². The van der Waals surface area contributed by atoms with Crippen LogP contribution in [0.3, 0.4) is 0 Å². The second kappa shape index (κ2) is 9.24. The molecule has 3 nitrogen and oxygen atoms in total. The van der Waals surface area contributed by atoms with Gasteiger partial charge in [0.2, 0.25) is 0 Å². The Labute approximate surface area is 118 Å².